The predicted molar refractivity (Wildman–Crippen MR) is 96.3 cm³/mol. The maximum absolute atomic E-state index is 12.1. The van der Waals surface area contributed by atoms with Crippen molar-refractivity contribution in [3.63, 3.8) is 0 Å². The highest BCUT2D eigenvalue weighted by Gasteiger charge is 2.05. The summed E-state index contributed by atoms with van der Waals surface area (Å²) in [4.78, 5) is 12.1. The second kappa shape index (κ2) is 6.62. The van der Waals surface area contributed by atoms with E-state index in [2.05, 4.69) is 5.32 Å². The summed E-state index contributed by atoms with van der Waals surface area (Å²) in [5.41, 5.74) is 3.78. The van der Waals surface area contributed by atoms with Crippen molar-refractivity contribution in [1.82, 2.24) is 0 Å². The molecule has 1 heterocycles. The minimum absolute atomic E-state index is 0.193. The van der Waals surface area contributed by atoms with E-state index < -0.39 is 0 Å². The molecule has 0 bridgehead atoms. The molecule has 0 saturated carbocycles. The van der Waals surface area contributed by atoms with Crippen LogP contribution in [0.3, 0.4) is 0 Å². The van der Waals surface area contributed by atoms with Crippen LogP contribution in [0.2, 0.25) is 0 Å². The zero-order chi connectivity index (χ0) is 17.1. The fourth-order valence-electron chi connectivity index (χ4n) is 2.47. The third-order valence-electron chi connectivity index (χ3n) is 4.00. The van der Waals surface area contributed by atoms with E-state index in [0.717, 1.165) is 33.5 Å². The minimum atomic E-state index is -0.193. The summed E-state index contributed by atoms with van der Waals surface area (Å²) >= 11 is 0. The first kappa shape index (κ1) is 15.9. The van der Waals surface area contributed by atoms with Gasteiger partial charge in [-0.05, 0) is 61.4 Å². The number of hydrogen-bond acceptors (Lipinski definition) is 3. The summed E-state index contributed by atoms with van der Waals surface area (Å²) in [5.74, 6) is 1.20. The number of carbonyl (C=O) groups is 1. The number of furan rings is 1. The molecule has 0 radical (unpaired) electrons. The van der Waals surface area contributed by atoms with E-state index in [1.54, 1.807) is 13.2 Å². The zero-order valence-electron chi connectivity index (χ0n) is 13.9. The molecule has 4 heteroatoms. The van der Waals surface area contributed by atoms with Gasteiger partial charge in [0, 0.05) is 17.1 Å². The van der Waals surface area contributed by atoms with E-state index >= 15 is 0 Å². The lowest BCUT2D eigenvalue weighted by molar-refractivity contribution is -0.111. The molecule has 4 nitrogen and oxygen atoms in total. The van der Waals surface area contributed by atoms with Crippen LogP contribution in [0.15, 0.2) is 53.0 Å². The van der Waals surface area contributed by atoms with Crippen molar-refractivity contribution in [3.8, 4) is 5.75 Å². The van der Waals surface area contributed by atoms with Crippen LogP contribution >= 0.6 is 0 Å². The van der Waals surface area contributed by atoms with Gasteiger partial charge in [-0.3, -0.25) is 4.79 Å². The fourth-order valence-corrected chi connectivity index (χ4v) is 2.47. The maximum atomic E-state index is 12.1. The van der Waals surface area contributed by atoms with Crippen LogP contribution in [0.4, 0.5) is 5.69 Å². The molecule has 0 aliphatic heterocycles. The summed E-state index contributed by atoms with van der Waals surface area (Å²) in [7, 11) is 1.62. The number of nitrogens with one attached hydrogen (secondary N) is 1. The summed E-state index contributed by atoms with van der Waals surface area (Å²) in [6.45, 7) is 4.00. The van der Waals surface area contributed by atoms with Crippen molar-refractivity contribution >= 4 is 28.6 Å². The molecule has 122 valence electrons. The van der Waals surface area contributed by atoms with E-state index in [9.17, 15) is 4.79 Å². The Bertz CT molecular complexity index is 922. The predicted octanol–water partition coefficient (Wildman–Crippen LogP) is 4.71. The van der Waals surface area contributed by atoms with Crippen LogP contribution in [-0.2, 0) is 4.79 Å². The Labute approximate surface area is 140 Å². The van der Waals surface area contributed by atoms with Gasteiger partial charge >= 0.3 is 0 Å². The number of carbonyl (C=O) groups excluding carboxylic acids is 1. The van der Waals surface area contributed by atoms with Gasteiger partial charge in [-0.2, -0.15) is 0 Å². The lowest BCUT2D eigenvalue weighted by Gasteiger charge is -2.08. The molecule has 3 aromatic rings. The third kappa shape index (κ3) is 3.33. The average Bonchev–Trinajstić information content (AvgIpc) is 2.99. The van der Waals surface area contributed by atoms with Gasteiger partial charge in [0.05, 0.1) is 7.11 Å². The second-order valence-corrected chi connectivity index (χ2v) is 5.62. The van der Waals surface area contributed by atoms with Crippen molar-refractivity contribution in [2.75, 3.05) is 12.4 Å². The van der Waals surface area contributed by atoms with Crippen LogP contribution in [0.1, 0.15) is 16.9 Å². The van der Waals surface area contributed by atoms with Crippen molar-refractivity contribution < 1.29 is 13.9 Å². The number of fused-ring (bicyclic) bond motifs is 1. The van der Waals surface area contributed by atoms with Gasteiger partial charge in [0.15, 0.2) is 0 Å². The molecule has 1 amide bonds. The molecule has 0 atom stereocenters. The van der Waals surface area contributed by atoms with Crippen LogP contribution in [-0.4, -0.2) is 13.0 Å². The first-order valence-corrected chi connectivity index (χ1v) is 7.69. The van der Waals surface area contributed by atoms with Crippen LogP contribution in [0, 0.1) is 13.8 Å². The Morgan fingerprint density at radius 2 is 2.00 bits per heavy atom. The second-order valence-electron chi connectivity index (χ2n) is 5.62. The van der Waals surface area contributed by atoms with Gasteiger partial charge in [-0.25, -0.2) is 0 Å². The summed E-state index contributed by atoms with van der Waals surface area (Å²) in [5, 5.41) is 3.82. The van der Waals surface area contributed by atoms with Gasteiger partial charge in [-0.1, -0.05) is 12.1 Å². The Kier molecular flexibility index (Phi) is 4.38. The molecule has 0 fully saturated rings. The largest absolute Gasteiger partial charge is 0.497 e. The molecule has 2 aromatic carbocycles. The Hall–Kier alpha value is -3.01. The lowest BCUT2D eigenvalue weighted by Crippen LogP contribution is -2.09. The summed E-state index contributed by atoms with van der Waals surface area (Å²) < 4.78 is 10.9. The van der Waals surface area contributed by atoms with E-state index in [0.29, 0.717) is 5.76 Å². The van der Waals surface area contributed by atoms with Crippen molar-refractivity contribution in [2.45, 2.75) is 13.8 Å². The number of anilines is 1. The Balaban J connectivity index is 1.75. The molecule has 0 aliphatic rings. The Morgan fingerprint density at radius 1 is 1.17 bits per heavy atom. The minimum Gasteiger partial charge on any atom is -0.497 e. The monoisotopic (exact) mass is 321 g/mol. The quantitative estimate of drug-likeness (QED) is 0.708. The topological polar surface area (TPSA) is 51.5 Å². The smallest absolute Gasteiger partial charge is 0.248 e. The number of methoxy groups -OCH3 is 1. The molecule has 0 saturated heterocycles. The number of amides is 1. The van der Waals surface area contributed by atoms with Gasteiger partial charge in [0.1, 0.15) is 17.1 Å². The van der Waals surface area contributed by atoms with E-state index in [-0.39, 0.29) is 5.91 Å². The Morgan fingerprint density at radius 3 is 2.79 bits per heavy atom. The number of hydrogen-bond donors (Lipinski definition) is 1. The normalized spacial score (nSPS) is 11.1. The third-order valence-corrected chi connectivity index (χ3v) is 4.00. The van der Waals surface area contributed by atoms with Gasteiger partial charge < -0.3 is 14.5 Å². The van der Waals surface area contributed by atoms with Gasteiger partial charge in [-0.15, -0.1) is 0 Å². The van der Waals surface area contributed by atoms with E-state index in [1.165, 1.54) is 6.08 Å². The van der Waals surface area contributed by atoms with Gasteiger partial charge in [0.25, 0.3) is 0 Å². The molecule has 24 heavy (non-hydrogen) atoms. The summed E-state index contributed by atoms with van der Waals surface area (Å²) in [6, 6.07) is 13.3. The zero-order valence-corrected chi connectivity index (χ0v) is 13.9. The molecular formula is C20H19NO3. The standard InChI is InChI=1S/C20H19NO3/c1-13-5-4-6-18(14(13)2)21-20(22)10-8-17-12-15-11-16(23-3)7-9-19(15)24-17/h4-12H,1-3H3,(H,21,22). The number of benzene rings is 2. The van der Waals surface area contributed by atoms with Crippen molar-refractivity contribution in [1.29, 1.82) is 0 Å². The van der Waals surface area contributed by atoms with Crippen LogP contribution in [0.25, 0.3) is 17.0 Å². The SMILES string of the molecule is COc1ccc2oc(C=CC(=O)Nc3cccc(C)c3C)cc2c1. The van der Waals surface area contributed by atoms with Crippen LogP contribution < -0.4 is 10.1 Å². The van der Waals surface area contributed by atoms with E-state index in [1.807, 2.05) is 56.3 Å². The van der Waals surface area contributed by atoms with Gasteiger partial charge in [0.2, 0.25) is 5.91 Å². The highest BCUT2D eigenvalue weighted by molar-refractivity contribution is 6.02. The first-order chi connectivity index (χ1) is 11.6. The number of ether oxygens (including phenoxy) is 1. The lowest BCUT2D eigenvalue weighted by atomic mass is 10.1. The fraction of sp³-hybridized carbons (Fsp3) is 0.150. The molecule has 0 spiro atoms. The molecule has 1 aromatic heterocycles. The van der Waals surface area contributed by atoms with Crippen LogP contribution in [0.5, 0.6) is 5.75 Å². The maximum Gasteiger partial charge on any atom is 0.248 e. The molecule has 0 unspecified atom stereocenters. The first-order valence-electron chi connectivity index (χ1n) is 7.69. The highest BCUT2D eigenvalue weighted by Crippen LogP contribution is 2.25. The summed E-state index contributed by atoms with van der Waals surface area (Å²) in [6.07, 6.45) is 3.13. The average molecular weight is 321 g/mol. The molecule has 3 rings (SSSR count). The number of rotatable bonds is 4. The highest BCUT2D eigenvalue weighted by atomic mass is 16.5. The molecule has 0 aliphatic carbocycles. The van der Waals surface area contributed by atoms with E-state index in [4.69, 9.17) is 9.15 Å². The van der Waals surface area contributed by atoms with Crippen molar-refractivity contribution in [2.24, 2.45) is 0 Å². The molecule has 1 N–H and O–H groups in total. The van der Waals surface area contributed by atoms with Crippen molar-refractivity contribution in [3.05, 3.63) is 65.4 Å². The molecular weight excluding hydrogens is 302 g/mol. The number of aryl methyl sites for hydroxylation is 1.